The van der Waals surface area contributed by atoms with E-state index in [1.54, 1.807) is 18.2 Å². The van der Waals surface area contributed by atoms with Crippen molar-refractivity contribution in [1.82, 2.24) is 15.1 Å². The topological polar surface area (TPSA) is 129 Å². The van der Waals surface area contributed by atoms with Crippen molar-refractivity contribution in [2.24, 2.45) is 5.92 Å². The Balaban J connectivity index is 1.31. The van der Waals surface area contributed by atoms with E-state index >= 15 is 14.4 Å². The number of fused-ring (bicyclic) bond motifs is 3. The monoisotopic (exact) mass is 832 g/mol. The number of nitrogens with zero attached hydrogens (tertiary/aromatic N) is 3. The number of nitrogens with one attached hydrogen (secondary N) is 1. The second kappa shape index (κ2) is 17.6. The number of hydrogen-bond donors (Lipinski definition) is 2. The summed E-state index contributed by atoms with van der Waals surface area (Å²) in [6.45, 7) is 2.64. The van der Waals surface area contributed by atoms with Crippen LogP contribution in [-0.2, 0) is 24.5 Å². The van der Waals surface area contributed by atoms with Crippen molar-refractivity contribution in [3.63, 3.8) is 0 Å². The Morgan fingerprint density at radius 3 is 2.06 bits per heavy atom. The third kappa shape index (κ3) is 7.12. The van der Waals surface area contributed by atoms with Gasteiger partial charge in [0.25, 0.3) is 0 Å². The highest BCUT2D eigenvalue weighted by Gasteiger charge is 2.76. The number of benzene rings is 5. The van der Waals surface area contributed by atoms with Crippen molar-refractivity contribution >= 4 is 29.5 Å². The number of aliphatic hydroxyl groups excluding tert-OH is 1. The SMILES string of the molecule is CC(NC(=O)N1C(=O)C2(c3ccccc31)C(C(=O)N1CCCCCCC1)C1C(=O)OC(c3ccccc3)C(c3ccccc3)N1C2c1cccc(OCCO)c1)c1ccccc1. The predicted molar refractivity (Wildman–Crippen MR) is 234 cm³/mol. The second-order valence-corrected chi connectivity index (χ2v) is 16.7. The number of carbonyl (C=O) groups is 4. The zero-order valence-corrected chi connectivity index (χ0v) is 34.8. The predicted octanol–water partition coefficient (Wildman–Crippen LogP) is 7.99. The Hall–Kier alpha value is -6.30. The molecule has 11 heteroatoms. The van der Waals surface area contributed by atoms with E-state index < -0.39 is 59.5 Å². The number of para-hydroxylation sites is 1. The maximum absolute atomic E-state index is 16.4. The van der Waals surface area contributed by atoms with Gasteiger partial charge < -0.3 is 24.8 Å². The lowest BCUT2D eigenvalue weighted by Gasteiger charge is -2.46. The number of ether oxygens (including phenoxy) is 2. The number of cyclic esters (lactones) is 1. The molecule has 1 spiro atoms. The average molecular weight is 833 g/mol. The van der Waals surface area contributed by atoms with Crippen LogP contribution in [-0.4, -0.2) is 71.1 Å². The first kappa shape index (κ1) is 41.1. The molecule has 5 aromatic rings. The normalized spacial score (nSPS) is 25.3. The van der Waals surface area contributed by atoms with E-state index in [2.05, 4.69) is 10.2 Å². The molecule has 7 atom stereocenters. The average Bonchev–Trinajstić information content (AvgIpc) is 3.75. The zero-order chi connectivity index (χ0) is 42.8. The molecule has 4 aliphatic heterocycles. The van der Waals surface area contributed by atoms with Gasteiger partial charge in [-0.25, -0.2) is 9.69 Å². The van der Waals surface area contributed by atoms with E-state index in [-0.39, 0.29) is 19.1 Å². The van der Waals surface area contributed by atoms with Gasteiger partial charge in [-0.3, -0.25) is 19.3 Å². The standard InChI is InChI=1S/C51H52N4O7/c1-34(35-19-8-5-9-20-35)52-50(60)54-41-28-15-14-27-40(41)51(49(54)59)42(47(57)53-29-16-3-2-4-17-30-53)44-48(58)62-45(37-23-12-7-13-24-37)43(36-21-10-6-11-22-36)55(44)46(51)38-25-18-26-39(33-38)61-32-31-56/h5-15,18-28,33-34,42-46,56H,2-4,16-17,29-32H2,1H3,(H,52,60). The van der Waals surface area contributed by atoms with E-state index in [9.17, 15) is 9.90 Å². The van der Waals surface area contributed by atoms with Crippen LogP contribution in [0.1, 0.15) is 91.1 Å². The fourth-order valence-electron chi connectivity index (χ4n) is 10.5. The van der Waals surface area contributed by atoms with Crippen LogP contribution in [0.5, 0.6) is 5.75 Å². The van der Waals surface area contributed by atoms with Gasteiger partial charge in [0.15, 0.2) is 0 Å². The molecule has 4 amide bonds. The highest BCUT2D eigenvalue weighted by Crippen LogP contribution is 2.66. The molecule has 0 aromatic heterocycles. The first-order chi connectivity index (χ1) is 30.3. The number of amides is 4. The maximum Gasteiger partial charge on any atom is 0.329 e. The number of carbonyl (C=O) groups excluding carboxylic acids is 4. The van der Waals surface area contributed by atoms with Gasteiger partial charge in [0, 0.05) is 13.1 Å². The third-order valence-corrected chi connectivity index (χ3v) is 13.2. The van der Waals surface area contributed by atoms with Crippen LogP contribution in [0, 0.1) is 5.92 Å². The number of hydrogen-bond acceptors (Lipinski definition) is 8. The molecule has 4 heterocycles. The molecular weight excluding hydrogens is 781 g/mol. The first-order valence-electron chi connectivity index (χ1n) is 21.8. The molecular formula is C51H52N4O7. The number of likely N-dealkylation sites (tertiary alicyclic amines) is 1. The Morgan fingerprint density at radius 1 is 0.758 bits per heavy atom. The minimum absolute atomic E-state index is 0.0338. The Kier molecular flexibility index (Phi) is 11.7. The zero-order valence-electron chi connectivity index (χ0n) is 34.8. The van der Waals surface area contributed by atoms with Gasteiger partial charge in [-0.05, 0) is 65.8 Å². The molecule has 11 nitrogen and oxygen atoms in total. The van der Waals surface area contributed by atoms with Gasteiger partial charge in [-0.1, -0.05) is 141 Å². The van der Waals surface area contributed by atoms with Crippen molar-refractivity contribution < 1.29 is 33.8 Å². The van der Waals surface area contributed by atoms with Crippen molar-refractivity contribution in [3.05, 3.63) is 167 Å². The third-order valence-electron chi connectivity index (χ3n) is 13.2. The summed E-state index contributed by atoms with van der Waals surface area (Å²) >= 11 is 0. The van der Waals surface area contributed by atoms with E-state index in [1.807, 2.05) is 133 Å². The van der Waals surface area contributed by atoms with Crippen LogP contribution in [0.2, 0.25) is 0 Å². The Labute approximate surface area is 362 Å². The van der Waals surface area contributed by atoms with Gasteiger partial charge in [-0.15, -0.1) is 0 Å². The highest BCUT2D eigenvalue weighted by atomic mass is 16.6. The number of urea groups is 1. The number of morpholine rings is 1. The molecule has 0 saturated carbocycles. The van der Waals surface area contributed by atoms with E-state index in [0.717, 1.165) is 48.8 Å². The van der Waals surface area contributed by atoms with Crippen molar-refractivity contribution in [2.75, 3.05) is 31.2 Å². The summed E-state index contributed by atoms with van der Waals surface area (Å²) in [5.41, 5.74) is 2.07. The second-order valence-electron chi connectivity index (χ2n) is 16.7. The lowest BCUT2D eigenvalue weighted by atomic mass is 9.65. The van der Waals surface area contributed by atoms with E-state index in [1.165, 1.54) is 4.90 Å². The van der Waals surface area contributed by atoms with Gasteiger partial charge in [0.05, 0.1) is 36.3 Å². The summed E-state index contributed by atoms with van der Waals surface area (Å²) in [4.78, 5) is 67.7. The smallest absolute Gasteiger partial charge is 0.329 e. The van der Waals surface area contributed by atoms with Crippen molar-refractivity contribution in [2.45, 2.75) is 74.7 Å². The quantitative estimate of drug-likeness (QED) is 0.143. The fraction of sp³-hybridized carbons (Fsp3) is 0.333. The van der Waals surface area contributed by atoms with Gasteiger partial charge in [0.1, 0.15) is 29.9 Å². The summed E-state index contributed by atoms with van der Waals surface area (Å²) in [5, 5.41) is 12.8. The Bertz CT molecular complexity index is 2410. The summed E-state index contributed by atoms with van der Waals surface area (Å²) in [6, 6.07) is 39.4. The van der Waals surface area contributed by atoms with Gasteiger partial charge in [-0.2, -0.15) is 0 Å². The number of esters is 1. The molecule has 0 radical (unpaired) electrons. The molecule has 4 aliphatic rings. The van der Waals surface area contributed by atoms with Crippen molar-refractivity contribution in [1.29, 1.82) is 0 Å². The molecule has 0 aliphatic carbocycles. The minimum Gasteiger partial charge on any atom is -0.491 e. The molecule has 3 saturated heterocycles. The van der Waals surface area contributed by atoms with E-state index in [0.29, 0.717) is 35.7 Å². The summed E-state index contributed by atoms with van der Waals surface area (Å²) in [6.07, 6.45) is 3.75. The van der Waals surface area contributed by atoms with Crippen LogP contribution >= 0.6 is 0 Å². The lowest BCUT2D eigenvalue weighted by molar-refractivity contribution is -0.179. The van der Waals surface area contributed by atoms with Crippen LogP contribution in [0.3, 0.4) is 0 Å². The van der Waals surface area contributed by atoms with Crippen LogP contribution in [0.4, 0.5) is 10.5 Å². The molecule has 5 aromatic carbocycles. The number of imide groups is 1. The molecule has 62 heavy (non-hydrogen) atoms. The molecule has 0 bridgehead atoms. The lowest BCUT2D eigenvalue weighted by Crippen LogP contribution is -2.57. The number of aliphatic hydroxyl groups is 1. The largest absolute Gasteiger partial charge is 0.491 e. The molecule has 9 rings (SSSR count). The number of rotatable bonds is 9. The van der Waals surface area contributed by atoms with Crippen LogP contribution in [0.25, 0.3) is 0 Å². The first-order valence-corrected chi connectivity index (χ1v) is 21.8. The van der Waals surface area contributed by atoms with Crippen LogP contribution < -0.4 is 15.0 Å². The minimum atomic E-state index is -1.82. The summed E-state index contributed by atoms with van der Waals surface area (Å²) in [5.74, 6) is -2.39. The van der Waals surface area contributed by atoms with Crippen LogP contribution in [0.15, 0.2) is 140 Å². The van der Waals surface area contributed by atoms with E-state index in [4.69, 9.17) is 9.47 Å². The van der Waals surface area contributed by atoms with Crippen molar-refractivity contribution in [3.8, 4) is 5.75 Å². The molecule has 2 N–H and O–H groups in total. The molecule has 3 fully saturated rings. The summed E-state index contributed by atoms with van der Waals surface area (Å²) in [7, 11) is 0. The highest BCUT2D eigenvalue weighted by molar-refractivity contribution is 6.24. The fourth-order valence-corrected chi connectivity index (χ4v) is 10.5. The summed E-state index contributed by atoms with van der Waals surface area (Å²) < 4.78 is 12.6. The maximum atomic E-state index is 16.4. The van der Waals surface area contributed by atoms with Gasteiger partial charge >= 0.3 is 12.0 Å². The number of anilines is 1. The Morgan fingerprint density at radius 2 is 1.37 bits per heavy atom. The van der Waals surface area contributed by atoms with Gasteiger partial charge in [0.2, 0.25) is 11.8 Å². The molecule has 318 valence electrons. The molecule has 7 unspecified atom stereocenters.